The zero-order valence-corrected chi connectivity index (χ0v) is 17.6. The Morgan fingerprint density at radius 2 is 2.10 bits per heavy atom. The van der Waals surface area contributed by atoms with Gasteiger partial charge in [-0.1, -0.05) is 30.4 Å². The Morgan fingerprint density at radius 3 is 2.90 bits per heavy atom. The molecule has 152 valence electrons. The molecule has 4 nitrogen and oxygen atoms in total. The lowest BCUT2D eigenvalue weighted by Crippen LogP contribution is -2.28. The zero-order chi connectivity index (χ0) is 20.7. The molecule has 0 spiro atoms. The Balaban J connectivity index is 1.53. The number of hydrogen-bond acceptors (Lipinski definition) is 3. The van der Waals surface area contributed by atoms with E-state index in [0.717, 1.165) is 24.3 Å². The summed E-state index contributed by atoms with van der Waals surface area (Å²) in [6, 6.07) is 12.8. The number of fused-ring (bicyclic) bond motifs is 3. The molecule has 0 fully saturated rings. The van der Waals surface area contributed by atoms with Gasteiger partial charge >= 0.3 is 0 Å². The van der Waals surface area contributed by atoms with Crippen molar-refractivity contribution in [1.29, 1.82) is 0 Å². The smallest absolute Gasteiger partial charge is 0.128 e. The van der Waals surface area contributed by atoms with Crippen molar-refractivity contribution in [3.63, 3.8) is 0 Å². The third kappa shape index (κ3) is 3.32. The molecule has 1 aliphatic carbocycles. The second-order valence-electron chi connectivity index (χ2n) is 8.50. The number of methoxy groups -OCH3 is 1. The van der Waals surface area contributed by atoms with E-state index >= 15 is 0 Å². The van der Waals surface area contributed by atoms with Crippen molar-refractivity contribution in [3.8, 4) is 11.5 Å². The largest absolute Gasteiger partial charge is 0.497 e. The van der Waals surface area contributed by atoms with Gasteiger partial charge in [-0.15, -0.1) is 0 Å². The van der Waals surface area contributed by atoms with E-state index in [-0.39, 0.29) is 11.6 Å². The van der Waals surface area contributed by atoms with E-state index in [1.807, 2.05) is 24.8 Å². The summed E-state index contributed by atoms with van der Waals surface area (Å²) in [6.45, 7) is 4.18. The van der Waals surface area contributed by atoms with Crippen LogP contribution < -0.4 is 9.47 Å². The predicted octanol–water partition coefficient (Wildman–Crippen LogP) is 5.39. The number of nitrogens with zero attached hydrogens (tertiary/aromatic N) is 2. The van der Waals surface area contributed by atoms with Gasteiger partial charge in [0.15, 0.2) is 0 Å². The van der Waals surface area contributed by atoms with Crippen molar-refractivity contribution in [2.75, 3.05) is 7.11 Å². The molecule has 1 aromatic heterocycles. The number of hydrogen-bond donors (Lipinski definition) is 0. The Kier molecular flexibility index (Phi) is 4.50. The summed E-state index contributed by atoms with van der Waals surface area (Å²) in [6.07, 6.45) is 14.3. The average molecular weight is 399 g/mol. The van der Waals surface area contributed by atoms with Gasteiger partial charge in [0.05, 0.1) is 19.5 Å². The highest BCUT2D eigenvalue weighted by molar-refractivity contribution is 5.67. The monoisotopic (exact) mass is 398 g/mol. The zero-order valence-electron chi connectivity index (χ0n) is 17.6. The van der Waals surface area contributed by atoms with Crippen LogP contribution in [-0.4, -0.2) is 22.3 Å². The fourth-order valence-corrected chi connectivity index (χ4v) is 4.51. The van der Waals surface area contributed by atoms with E-state index < -0.39 is 0 Å². The van der Waals surface area contributed by atoms with Crippen molar-refractivity contribution >= 4 is 6.08 Å². The van der Waals surface area contributed by atoms with Gasteiger partial charge in [-0.3, -0.25) is 0 Å². The molecule has 3 aromatic rings. The highest BCUT2D eigenvalue weighted by Gasteiger charge is 2.27. The fraction of sp³-hybridized carbons (Fsp3) is 0.269. The average Bonchev–Trinajstić information content (AvgIpc) is 3.27. The Bertz CT molecular complexity index is 1140. The molecule has 0 radical (unpaired) electrons. The first-order valence-electron chi connectivity index (χ1n) is 10.4. The molecule has 0 bridgehead atoms. The van der Waals surface area contributed by atoms with Crippen LogP contribution in [0.5, 0.6) is 11.5 Å². The van der Waals surface area contributed by atoms with E-state index in [1.165, 1.54) is 27.8 Å². The topological polar surface area (TPSA) is 36.3 Å². The molecule has 1 unspecified atom stereocenters. The number of aromatic nitrogens is 2. The highest BCUT2D eigenvalue weighted by Crippen LogP contribution is 2.40. The summed E-state index contributed by atoms with van der Waals surface area (Å²) < 4.78 is 13.8. The van der Waals surface area contributed by atoms with Crippen LogP contribution in [0.2, 0.25) is 0 Å². The summed E-state index contributed by atoms with van der Waals surface area (Å²) in [4.78, 5) is 4.30. The first-order valence-corrected chi connectivity index (χ1v) is 10.4. The van der Waals surface area contributed by atoms with Gasteiger partial charge in [-0.25, -0.2) is 4.98 Å². The minimum absolute atomic E-state index is 0.0949. The lowest BCUT2D eigenvalue weighted by atomic mass is 9.82. The Hall–Kier alpha value is -3.27. The molecular formula is C26H26N2O2. The van der Waals surface area contributed by atoms with Crippen LogP contribution in [-0.2, 0) is 12.8 Å². The number of benzene rings is 2. The number of ether oxygens (including phenoxy) is 2. The maximum absolute atomic E-state index is 6.18. The third-order valence-electron chi connectivity index (χ3n) is 5.99. The van der Waals surface area contributed by atoms with E-state index in [1.54, 1.807) is 7.11 Å². The van der Waals surface area contributed by atoms with Crippen LogP contribution in [0.25, 0.3) is 6.08 Å². The summed E-state index contributed by atoms with van der Waals surface area (Å²) in [5.74, 6) is 1.85. The van der Waals surface area contributed by atoms with Gasteiger partial charge in [-0.2, -0.15) is 0 Å². The van der Waals surface area contributed by atoms with E-state index in [0.29, 0.717) is 0 Å². The van der Waals surface area contributed by atoms with Gasteiger partial charge in [-0.05, 0) is 73.2 Å². The van der Waals surface area contributed by atoms with E-state index in [9.17, 15) is 0 Å². The molecule has 5 rings (SSSR count). The van der Waals surface area contributed by atoms with Crippen LogP contribution in [0.1, 0.15) is 42.1 Å². The van der Waals surface area contributed by atoms with Crippen molar-refractivity contribution < 1.29 is 9.47 Å². The lowest BCUT2D eigenvalue weighted by molar-refractivity contribution is 0.159. The van der Waals surface area contributed by atoms with Crippen LogP contribution in [0.4, 0.5) is 0 Å². The molecule has 0 amide bonds. The minimum Gasteiger partial charge on any atom is -0.497 e. The molecule has 0 N–H and O–H groups in total. The third-order valence-corrected chi connectivity index (χ3v) is 5.99. The summed E-state index contributed by atoms with van der Waals surface area (Å²) in [7, 11) is 1.71. The van der Waals surface area contributed by atoms with Crippen LogP contribution in [0.15, 0.2) is 72.8 Å². The van der Waals surface area contributed by atoms with Crippen LogP contribution in [0.3, 0.4) is 0 Å². The molecule has 1 atom stereocenters. The van der Waals surface area contributed by atoms with Gasteiger partial charge in [0, 0.05) is 18.0 Å². The molecule has 2 aromatic carbocycles. The molecule has 0 saturated heterocycles. The first kappa shape index (κ1) is 18.7. The Morgan fingerprint density at radius 1 is 1.20 bits per heavy atom. The molecule has 2 heterocycles. The molecule has 0 saturated carbocycles. The second kappa shape index (κ2) is 7.21. The lowest BCUT2D eigenvalue weighted by Gasteiger charge is -2.32. The second-order valence-corrected chi connectivity index (χ2v) is 8.50. The maximum Gasteiger partial charge on any atom is 0.128 e. The van der Waals surface area contributed by atoms with Crippen molar-refractivity contribution in [1.82, 2.24) is 9.55 Å². The first-order chi connectivity index (χ1) is 14.5. The molecule has 4 heteroatoms. The standard InChI is InChI=1S/C26H26N2O2/c1-26(2)12-11-23-22-9-7-20(15-18(22)8-10-24(23)30-26)25(28-14-13-27-17-28)19-5-4-6-21(16-19)29-3/h4-8,10-14,16-17,25H,9,15H2,1-3H3. The normalized spacial score (nSPS) is 17.4. The van der Waals surface area contributed by atoms with E-state index in [2.05, 4.69) is 72.0 Å². The molecular weight excluding hydrogens is 372 g/mol. The Labute approximate surface area is 177 Å². The van der Waals surface area contributed by atoms with Gasteiger partial charge in [0.25, 0.3) is 0 Å². The van der Waals surface area contributed by atoms with Crippen LogP contribution in [0, 0.1) is 0 Å². The molecule has 2 aliphatic rings. The van der Waals surface area contributed by atoms with E-state index in [4.69, 9.17) is 9.47 Å². The van der Waals surface area contributed by atoms with Crippen LogP contribution >= 0.6 is 0 Å². The summed E-state index contributed by atoms with van der Waals surface area (Å²) in [5, 5.41) is 0. The molecule has 30 heavy (non-hydrogen) atoms. The molecule has 1 aliphatic heterocycles. The number of imidazole rings is 1. The highest BCUT2D eigenvalue weighted by atomic mass is 16.5. The van der Waals surface area contributed by atoms with Gasteiger partial charge < -0.3 is 14.0 Å². The summed E-state index contributed by atoms with van der Waals surface area (Å²) in [5.41, 5.74) is 6.28. The van der Waals surface area contributed by atoms with Crippen molar-refractivity contribution in [3.05, 3.63) is 95.1 Å². The van der Waals surface area contributed by atoms with Crippen molar-refractivity contribution in [2.45, 2.75) is 38.3 Å². The fourth-order valence-electron chi connectivity index (χ4n) is 4.51. The predicted molar refractivity (Wildman–Crippen MR) is 119 cm³/mol. The van der Waals surface area contributed by atoms with Gasteiger partial charge in [0.1, 0.15) is 17.1 Å². The summed E-state index contributed by atoms with van der Waals surface area (Å²) >= 11 is 0. The maximum atomic E-state index is 6.18. The SMILES string of the molecule is COc1cccc(C(C2=CCc3c(ccc4c3C=CC(C)(C)O4)C2)n2ccnc2)c1. The minimum atomic E-state index is -0.254. The van der Waals surface area contributed by atoms with Crippen molar-refractivity contribution in [2.24, 2.45) is 0 Å². The quantitative estimate of drug-likeness (QED) is 0.553. The van der Waals surface area contributed by atoms with Gasteiger partial charge in [0.2, 0.25) is 0 Å². The number of rotatable bonds is 4. The number of allylic oxidation sites excluding steroid dienone is 2.